The number of amides is 1. The average Bonchev–Trinajstić information content (AvgIpc) is 2.47. The molecule has 1 aromatic rings. The van der Waals surface area contributed by atoms with E-state index in [2.05, 4.69) is 9.88 Å². The van der Waals surface area contributed by atoms with E-state index < -0.39 is 0 Å². The van der Waals surface area contributed by atoms with E-state index in [1.807, 2.05) is 12.1 Å². The zero-order chi connectivity index (χ0) is 13.0. The second kappa shape index (κ2) is 5.68. The SMILES string of the molecule is COC(=O)N1CCN(c2ccc(CN)cn2)CC1. The fraction of sp³-hybridized carbons (Fsp3) is 0.500. The van der Waals surface area contributed by atoms with Crippen LogP contribution in [0.25, 0.3) is 0 Å². The van der Waals surface area contributed by atoms with Crippen molar-refractivity contribution in [1.82, 2.24) is 9.88 Å². The minimum Gasteiger partial charge on any atom is -0.453 e. The second-order valence-electron chi connectivity index (χ2n) is 4.17. The van der Waals surface area contributed by atoms with Crippen molar-refractivity contribution < 1.29 is 9.53 Å². The molecular formula is C12H18N4O2. The Balaban J connectivity index is 1.94. The molecule has 1 aliphatic rings. The summed E-state index contributed by atoms with van der Waals surface area (Å²) in [7, 11) is 1.40. The van der Waals surface area contributed by atoms with E-state index in [1.165, 1.54) is 7.11 Å². The molecule has 1 amide bonds. The number of aromatic nitrogens is 1. The Morgan fingerprint density at radius 2 is 2.11 bits per heavy atom. The van der Waals surface area contributed by atoms with Gasteiger partial charge in [-0.2, -0.15) is 0 Å². The lowest BCUT2D eigenvalue weighted by atomic mass is 10.2. The molecule has 6 nitrogen and oxygen atoms in total. The maximum absolute atomic E-state index is 11.3. The molecule has 0 unspecified atom stereocenters. The van der Waals surface area contributed by atoms with E-state index in [1.54, 1.807) is 11.1 Å². The summed E-state index contributed by atoms with van der Waals surface area (Å²) >= 11 is 0. The number of nitrogens with zero attached hydrogens (tertiary/aromatic N) is 3. The average molecular weight is 250 g/mol. The summed E-state index contributed by atoms with van der Waals surface area (Å²) in [5.74, 6) is 0.928. The number of carbonyl (C=O) groups excluding carboxylic acids is 1. The van der Waals surface area contributed by atoms with E-state index in [-0.39, 0.29) is 6.09 Å². The molecule has 0 bridgehead atoms. The molecule has 1 saturated heterocycles. The number of ether oxygens (including phenoxy) is 1. The number of pyridine rings is 1. The van der Waals surface area contributed by atoms with Crippen LogP contribution in [0.3, 0.4) is 0 Å². The Kier molecular flexibility index (Phi) is 3.99. The minimum absolute atomic E-state index is 0.263. The van der Waals surface area contributed by atoms with Crippen molar-refractivity contribution in [3.05, 3.63) is 23.9 Å². The van der Waals surface area contributed by atoms with Crippen LogP contribution in [0.15, 0.2) is 18.3 Å². The number of carbonyl (C=O) groups is 1. The van der Waals surface area contributed by atoms with Crippen molar-refractivity contribution in [2.24, 2.45) is 5.73 Å². The van der Waals surface area contributed by atoms with Crippen LogP contribution in [0.1, 0.15) is 5.56 Å². The fourth-order valence-corrected chi connectivity index (χ4v) is 1.97. The van der Waals surface area contributed by atoms with Gasteiger partial charge in [-0.1, -0.05) is 6.07 Å². The van der Waals surface area contributed by atoms with Gasteiger partial charge in [-0.15, -0.1) is 0 Å². The quantitative estimate of drug-likeness (QED) is 0.824. The summed E-state index contributed by atoms with van der Waals surface area (Å²) in [6.45, 7) is 3.36. The van der Waals surface area contributed by atoms with Gasteiger partial charge < -0.3 is 20.3 Å². The molecule has 2 rings (SSSR count). The van der Waals surface area contributed by atoms with Crippen LogP contribution in [-0.4, -0.2) is 49.3 Å². The number of methoxy groups -OCH3 is 1. The molecule has 98 valence electrons. The van der Waals surface area contributed by atoms with Gasteiger partial charge in [0.25, 0.3) is 0 Å². The van der Waals surface area contributed by atoms with E-state index in [0.717, 1.165) is 24.5 Å². The topological polar surface area (TPSA) is 71.7 Å². The predicted octanol–water partition coefficient (Wildman–Crippen LogP) is 0.429. The van der Waals surface area contributed by atoms with Crippen LogP contribution < -0.4 is 10.6 Å². The Bertz CT molecular complexity index is 399. The number of nitrogens with two attached hydrogens (primary N) is 1. The smallest absolute Gasteiger partial charge is 0.409 e. The third kappa shape index (κ3) is 2.70. The normalized spacial score (nSPS) is 15.7. The Morgan fingerprint density at radius 1 is 1.39 bits per heavy atom. The van der Waals surface area contributed by atoms with E-state index in [4.69, 9.17) is 10.5 Å². The highest BCUT2D eigenvalue weighted by Gasteiger charge is 2.21. The lowest BCUT2D eigenvalue weighted by molar-refractivity contribution is 0.121. The minimum atomic E-state index is -0.263. The van der Waals surface area contributed by atoms with Crippen molar-refractivity contribution in [2.45, 2.75) is 6.54 Å². The standard InChI is InChI=1S/C12H18N4O2/c1-18-12(17)16-6-4-15(5-7-16)11-3-2-10(8-13)9-14-11/h2-3,9H,4-8,13H2,1H3. The van der Waals surface area contributed by atoms with E-state index >= 15 is 0 Å². The van der Waals surface area contributed by atoms with Gasteiger partial charge in [0, 0.05) is 38.9 Å². The Hall–Kier alpha value is -1.82. The molecule has 1 aromatic heterocycles. The molecule has 18 heavy (non-hydrogen) atoms. The maximum atomic E-state index is 11.3. The molecule has 6 heteroatoms. The van der Waals surface area contributed by atoms with Gasteiger partial charge in [-0.05, 0) is 11.6 Å². The van der Waals surface area contributed by atoms with E-state index in [0.29, 0.717) is 19.6 Å². The van der Waals surface area contributed by atoms with Crippen LogP contribution >= 0.6 is 0 Å². The highest BCUT2D eigenvalue weighted by Crippen LogP contribution is 2.14. The number of anilines is 1. The molecule has 0 spiro atoms. The molecule has 0 radical (unpaired) electrons. The molecular weight excluding hydrogens is 232 g/mol. The Morgan fingerprint density at radius 3 is 2.61 bits per heavy atom. The number of piperazine rings is 1. The summed E-state index contributed by atoms with van der Waals surface area (Å²) in [5.41, 5.74) is 6.55. The van der Waals surface area contributed by atoms with Crippen molar-refractivity contribution in [3.8, 4) is 0 Å². The molecule has 1 aliphatic heterocycles. The van der Waals surface area contributed by atoms with E-state index in [9.17, 15) is 4.79 Å². The predicted molar refractivity (Wildman–Crippen MR) is 68.3 cm³/mol. The fourth-order valence-electron chi connectivity index (χ4n) is 1.97. The zero-order valence-electron chi connectivity index (χ0n) is 10.5. The monoisotopic (exact) mass is 250 g/mol. The van der Waals surface area contributed by atoms with Gasteiger partial charge in [-0.25, -0.2) is 9.78 Å². The van der Waals surface area contributed by atoms with Crippen molar-refractivity contribution in [3.63, 3.8) is 0 Å². The largest absolute Gasteiger partial charge is 0.453 e. The highest BCUT2D eigenvalue weighted by molar-refractivity contribution is 5.67. The maximum Gasteiger partial charge on any atom is 0.409 e. The summed E-state index contributed by atoms with van der Waals surface area (Å²) in [6, 6.07) is 3.95. The van der Waals surface area contributed by atoms with Crippen molar-refractivity contribution >= 4 is 11.9 Å². The van der Waals surface area contributed by atoms with Crippen LogP contribution in [0.4, 0.5) is 10.6 Å². The van der Waals surface area contributed by atoms with Crippen LogP contribution in [0, 0.1) is 0 Å². The third-order valence-corrected chi connectivity index (χ3v) is 3.08. The van der Waals surface area contributed by atoms with Gasteiger partial charge in [0.2, 0.25) is 0 Å². The van der Waals surface area contributed by atoms with Gasteiger partial charge in [0.15, 0.2) is 0 Å². The van der Waals surface area contributed by atoms with Gasteiger partial charge in [0.05, 0.1) is 7.11 Å². The van der Waals surface area contributed by atoms with Crippen LogP contribution in [-0.2, 0) is 11.3 Å². The summed E-state index contributed by atoms with van der Waals surface area (Å²) in [4.78, 5) is 19.6. The van der Waals surface area contributed by atoms with Gasteiger partial charge in [0.1, 0.15) is 5.82 Å². The lowest BCUT2D eigenvalue weighted by Crippen LogP contribution is -2.49. The van der Waals surface area contributed by atoms with Crippen LogP contribution in [0.5, 0.6) is 0 Å². The first-order chi connectivity index (χ1) is 8.74. The number of rotatable bonds is 2. The first-order valence-electron chi connectivity index (χ1n) is 5.97. The van der Waals surface area contributed by atoms with Crippen LogP contribution in [0.2, 0.25) is 0 Å². The molecule has 0 aromatic carbocycles. The van der Waals surface area contributed by atoms with Gasteiger partial charge >= 0.3 is 6.09 Å². The zero-order valence-corrected chi connectivity index (χ0v) is 10.5. The Labute approximate surface area is 106 Å². The molecule has 2 N–H and O–H groups in total. The second-order valence-corrected chi connectivity index (χ2v) is 4.17. The molecule has 0 atom stereocenters. The molecule has 1 fully saturated rings. The van der Waals surface area contributed by atoms with Crippen molar-refractivity contribution in [1.29, 1.82) is 0 Å². The number of hydrogen-bond acceptors (Lipinski definition) is 5. The summed E-state index contributed by atoms with van der Waals surface area (Å²) in [6.07, 6.45) is 1.53. The first-order valence-corrected chi connectivity index (χ1v) is 5.97. The summed E-state index contributed by atoms with van der Waals surface area (Å²) in [5, 5.41) is 0. The molecule has 2 heterocycles. The first kappa shape index (κ1) is 12.6. The molecule has 0 aliphatic carbocycles. The highest BCUT2D eigenvalue weighted by atomic mass is 16.5. The van der Waals surface area contributed by atoms with Crippen molar-refractivity contribution in [2.75, 3.05) is 38.2 Å². The van der Waals surface area contributed by atoms with Gasteiger partial charge in [-0.3, -0.25) is 0 Å². The third-order valence-electron chi connectivity index (χ3n) is 3.08. The molecule has 0 saturated carbocycles. The lowest BCUT2D eigenvalue weighted by Gasteiger charge is -2.34. The number of hydrogen-bond donors (Lipinski definition) is 1. The summed E-state index contributed by atoms with van der Waals surface area (Å²) < 4.78 is 4.70.